The summed E-state index contributed by atoms with van der Waals surface area (Å²) in [6.45, 7) is 4.08. The second-order valence-electron chi connectivity index (χ2n) is 3.87. The number of ether oxygens (including phenoxy) is 2. The van der Waals surface area contributed by atoms with E-state index in [1.807, 2.05) is 0 Å². The van der Waals surface area contributed by atoms with E-state index in [0.717, 1.165) is 0 Å². The lowest BCUT2D eigenvalue weighted by molar-refractivity contribution is -0.143. The molecule has 0 fully saturated rings. The zero-order valence-electron chi connectivity index (χ0n) is 11.1. The molecule has 1 aromatic carbocycles. The quantitative estimate of drug-likeness (QED) is 0.798. The fourth-order valence-corrected chi connectivity index (χ4v) is 1.59. The maximum atomic E-state index is 11.5. The largest absolute Gasteiger partial charge is 0.508 e. The molecule has 0 aliphatic rings. The Morgan fingerprint density at radius 2 is 1.84 bits per heavy atom. The normalized spacial score (nSPS) is 10.0. The number of phenolic OH excluding ortho intramolecular Hbond substituents is 1. The molecule has 0 amide bonds. The summed E-state index contributed by atoms with van der Waals surface area (Å²) in [5.41, 5.74) is 0.889. The molecule has 0 atom stereocenters. The first-order valence-corrected chi connectivity index (χ1v) is 6.23. The summed E-state index contributed by atoms with van der Waals surface area (Å²) in [4.78, 5) is 22.7. The Kier molecular flexibility index (Phi) is 5.85. The minimum Gasteiger partial charge on any atom is -0.508 e. The number of phenols is 1. The summed E-state index contributed by atoms with van der Waals surface area (Å²) in [5.74, 6) is -0.805. The predicted octanol–water partition coefficient (Wildman–Crippen LogP) is 2.06. The van der Waals surface area contributed by atoms with Crippen LogP contribution in [0.15, 0.2) is 18.2 Å². The van der Waals surface area contributed by atoms with Crippen LogP contribution in [-0.4, -0.2) is 30.3 Å². The van der Waals surface area contributed by atoms with Gasteiger partial charge in [-0.05, 0) is 38.0 Å². The number of aromatic hydroxyl groups is 1. The second-order valence-corrected chi connectivity index (χ2v) is 3.87. The van der Waals surface area contributed by atoms with Gasteiger partial charge in [0.25, 0.3) is 0 Å². The smallest absolute Gasteiger partial charge is 0.338 e. The van der Waals surface area contributed by atoms with E-state index in [9.17, 15) is 14.7 Å². The van der Waals surface area contributed by atoms with Gasteiger partial charge in [-0.3, -0.25) is 4.79 Å². The van der Waals surface area contributed by atoms with E-state index in [-0.39, 0.29) is 24.7 Å². The molecule has 1 aromatic rings. The number of hydrogen-bond acceptors (Lipinski definition) is 5. The standard InChI is InChI=1S/C14H18O5/c1-3-18-13(16)8-7-10-5-6-11(9-12(10)15)14(17)19-4-2/h5-6,9,15H,3-4,7-8H2,1-2H3. The third-order valence-electron chi connectivity index (χ3n) is 2.50. The first-order valence-electron chi connectivity index (χ1n) is 6.23. The highest BCUT2D eigenvalue weighted by Crippen LogP contribution is 2.21. The van der Waals surface area contributed by atoms with Crippen molar-refractivity contribution in [2.45, 2.75) is 26.7 Å². The van der Waals surface area contributed by atoms with Crippen LogP contribution in [0.25, 0.3) is 0 Å². The van der Waals surface area contributed by atoms with E-state index in [1.165, 1.54) is 6.07 Å². The van der Waals surface area contributed by atoms with Crippen LogP contribution in [0, 0.1) is 0 Å². The van der Waals surface area contributed by atoms with Gasteiger partial charge in [0, 0.05) is 6.42 Å². The summed E-state index contributed by atoms with van der Waals surface area (Å²) < 4.78 is 9.63. The third-order valence-corrected chi connectivity index (χ3v) is 2.50. The number of esters is 2. The molecular formula is C14H18O5. The van der Waals surface area contributed by atoms with Gasteiger partial charge in [-0.1, -0.05) is 6.07 Å². The maximum absolute atomic E-state index is 11.5. The van der Waals surface area contributed by atoms with Gasteiger partial charge < -0.3 is 14.6 Å². The summed E-state index contributed by atoms with van der Waals surface area (Å²) in [6.07, 6.45) is 0.563. The van der Waals surface area contributed by atoms with Crippen molar-refractivity contribution in [2.24, 2.45) is 0 Å². The van der Waals surface area contributed by atoms with Crippen molar-refractivity contribution in [1.29, 1.82) is 0 Å². The van der Waals surface area contributed by atoms with Gasteiger partial charge in [0.2, 0.25) is 0 Å². The molecule has 0 radical (unpaired) electrons. The summed E-state index contributed by atoms with van der Waals surface area (Å²) in [6, 6.07) is 4.53. The van der Waals surface area contributed by atoms with Crippen molar-refractivity contribution < 1.29 is 24.2 Å². The van der Waals surface area contributed by atoms with Gasteiger partial charge in [-0.25, -0.2) is 4.79 Å². The second kappa shape index (κ2) is 7.41. The van der Waals surface area contributed by atoms with Crippen molar-refractivity contribution in [2.75, 3.05) is 13.2 Å². The third kappa shape index (κ3) is 4.62. The highest BCUT2D eigenvalue weighted by atomic mass is 16.5. The first kappa shape index (κ1) is 15.0. The molecule has 0 aliphatic heterocycles. The Balaban J connectivity index is 2.67. The van der Waals surface area contributed by atoms with Crippen LogP contribution in [0.2, 0.25) is 0 Å². The van der Waals surface area contributed by atoms with Crippen LogP contribution in [0.3, 0.4) is 0 Å². The number of aryl methyl sites for hydroxylation is 1. The SMILES string of the molecule is CCOC(=O)CCc1ccc(C(=O)OCC)cc1O. The lowest BCUT2D eigenvalue weighted by Crippen LogP contribution is -2.06. The number of carbonyl (C=O) groups excluding carboxylic acids is 2. The molecule has 5 nitrogen and oxygen atoms in total. The van der Waals surface area contributed by atoms with Crippen LogP contribution in [0.4, 0.5) is 0 Å². The fraction of sp³-hybridized carbons (Fsp3) is 0.429. The maximum Gasteiger partial charge on any atom is 0.338 e. The van der Waals surface area contributed by atoms with Crippen molar-refractivity contribution in [3.8, 4) is 5.75 Å². The molecule has 0 saturated heterocycles. The molecule has 1 N–H and O–H groups in total. The Morgan fingerprint density at radius 1 is 1.16 bits per heavy atom. The van der Waals surface area contributed by atoms with Gasteiger partial charge in [0.15, 0.2) is 0 Å². The van der Waals surface area contributed by atoms with E-state index in [4.69, 9.17) is 9.47 Å². The summed E-state index contributed by atoms with van der Waals surface area (Å²) in [5, 5.41) is 9.79. The molecule has 0 aliphatic carbocycles. The minimum absolute atomic E-state index is 0.0187. The van der Waals surface area contributed by atoms with E-state index in [1.54, 1.807) is 26.0 Å². The zero-order chi connectivity index (χ0) is 14.3. The monoisotopic (exact) mass is 266 g/mol. The van der Waals surface area contributed by atoms with Crippen LogP contribution in [-0.2, 0) is 20.7 Å². The number of hydrogen-bond donors (Lipinski definition) is 1. The average Bonchev–Trinajstić information content (AvgIpc) is 2.38. The van der Waals surface area contributed by atoms with E-state index < -0.39 is 5.97 Å². The minimum atomic E-state index is -0.477. The zero-order valence-corrected chi connectivity index (χ0v) is 11.1. The molecule has 0 bridgehead atoms. The summed E-state index contributed by atoms with van der Waals surface area (Å²) >= 11 is 0. The van der Waals surface area contributed by atoms with Crippen molar-refractivity contribution >= 4 is 11.9 Å². The topological polar surface area (TPSA) is 72.8 Å². The Hall–Kier alpha value is -2.04. The molecule has 0 heterocycles. The van der Waals surface area contributed by atoms with Crippen LogP contribution in [0.1, 0.15) is 36.2 Å². The molecule has 104 valence electrons. The Morgan fingerprint density at radius 3 is 2.42 bits per heavy atom. The van der Waals surface area contributed by atoms with E-state index >= 15 is 0 Å². The van der Waals surface area contributed by atoms with Gasteiger partial charge in [0.05, 0.1) is 18.8 Å². The lowest BCUT2D eigenvalue weighted by Gasteiger charge is -2.07. The van der Waals surface area contributed by atoms with E-state index in [2.05, 4.69) is 0 Å². The van der Waals surface area contributed by atoms with Crippen LogP contribution in [0.5, 0.6) is 5.75 Å². The van der Waals surface area contributed by atoms with Crippen molar-refractivity contribution in [3.63, 3.8) is 0 Å². The van der Waals surface area contributed by atoms with Gasteiger partial charge >= 0.3 is 11.9 Å². The molecule has 5 heteroatoms. The highest BCUT2D eigenvalue weighted by molar-refractivity contribution is 5.90. The van der Waals surface area contributed by atoms with Gasteiger partial charge in [-0.15, -0.1) is 0 Å². The Labute approximate surface area is 112 Å². The molecular weight excluding hydrogens is 248 g/mol. The average molecular weight is 266 g/mol. The van der Waals surface area contributed by atoms with Gasteiger partial charge in [0.1, 0.15) is 5.75 Å². The van der Waals surface area contributed by atoms with Gasteiger partial charge in [-0.2, -0.15) is 0 Å². The van der Waals surface area contributed by atoms with Crippen LogP contribution < -0.4 is 0 Å². The number of benzene rings is 1. The number of rotatable bonds is 6. The van der Waals surface area contributed by atoms with E-state index in [0.29, 0.717) is 24.2 Å². The number of carbonyl (C=O) groups is 2. The highest BCUT2D eigenvalue weighted by Gasteiger charge is 2.11. The fourth-order valence-electron chi connectivity index (χ4n) is 1.59. The molecule has 0 unspecified atom stereocenters. The Bertz CT molecular complexity index is 453. The molecule has 19 heavy (non-hydrogen) atoms. The molecule has 0 spiro atoms. The first-order chi connectivity index (χ1) is 9.08. The molecule has 1 rings (SSSR count). The molecule has 0 saturated carbocycles. The summed E-state index contributed by atoms with van der Waals surface area (Å²) in [7, 11) is 0. The predicted molar refractivity (Wildman–Crippen MR) is 69.0 cm³/mol. The van der Waals surface area contributed by atoms with Crippen LogP contribution >= 0.6 is 0 Å². The molecule has 0 aromatic heterocycles. The van der Waals surface area contributed by atoms with Crippen molar-refractivity contribution in [1.82, 2.24) is 0 Å². The lowest BCUT2D eigenvalue weighted by atomic mass is 10.1. The van der Waals surface area contributed by atoms with Crippen molar-refractivity contribution in [3.05, 3.63) is 29.3 Å².